The van der Waals surface area contributed by atoms with Gasteiger partial charge in [-0.2, -0.15) is 0 Å². The highest BCUT2D eigenvalue weighted by atomic mass is 35.5. The Bertz CT molecular complexity index is 504. The Morgan fingerprint density at radius 1 is 1.18 bits per heavy atom. The third-order valence-electron chi connectivity index (χ3n) is 3.36. The highest BCUT2D eigenvalue weighted by Crippen LogP contribution is 2.22. The third kappa shape index (κ3) is 3.75. The molecule has 1 aliphatic rings. The number of ether oxygens (including phenoxy) is 3. The molecule has 0 amide bonds. The summed E-state index contributed by atoms with van der Waals surface area (Å²) in [6, 6.07) is 6.09. The first-order valence-corrected chi connectivity index (χ1v) is 6.97. The summed E-state index contributed by atoms with van der Waals surface area (Å²) < 4.78 is 15.2. The predicted octanol–water partition coefficient (Wildman–Crippen LogP) is -0.0492. The van der Waals surface area contributed by atoms with E-state index in [4.69, 9.17) is 25.8 Å². The number of benzene rings is 1. The Morgan fingerprint density at radius 2 is 1.82 bits per heavy atom. The van der Waals surface area contributed by atoms with Crippen molar-refractivity contribution in [2.75, 3.05) is 13.7 Å². The van der Waals surface area contributed by atoms with E-state index in [0.717, 1.165) is 0 Å². The third-order valence-corrected chi connectivity index (χ3v) is 3.61. The molecular weight excluding hydrogens is 316 g/mol. The van der Waals surface area contributed by atoms with E-state index in [1.165, 1.54) is 19.2 Å². The summed E-state index contributed by atoms with van der Waals surface area (Å²) in [6.45, 7) is -0.299. The largest absolute Gasteiger partial charge is 0.459 e. The number of hydrogen-bond donors (Lipinski definition) is 3. The number of aliphatic hydroxyl groups is 3. The number of methoxy groups -OCH3 is 1. The molecule has 7 nitrogen and oxygen atoms in total. The second-order valence-corrected chi connectivity index (χ2v) is 5.29. The van der Waals surface area contributed by atoms with E-state index < -0.39 is 36.7 Å². The molecule has 0 spiro atoms. The number of rotatable bonds is 4. The van der Waals surface area contributed by atoms with Gasteiger partial charge in [-0.05, 0) is 24.3 Å². The van der Waals surface area contributed by atoms with Gasteiger partial charge in [0.25, 0.3) is 0 Å². The second kappa shape index (κ2) is 7.36. The fourth-order valence-corrected chi connectivity index (χ4v) is 2.20. The predicted molar refractivity (Wildman–Crippen MR) is 75.4 cm³/mol. The molecule has 8 heteroatoms. The molecule has 22 heavy (non-hydrogen) atoms. The number of carbonyl (C=O) groups is 1. The summed E-state index contributed by atoms with van der Waals surface area (Å²) in [7, 11) is 1.29. The Labute approximate surface area is 132 Å². The van der Waals surface area contributed by atoms with Crippen LogP contribution in [-0.4, -0.2) is 65.7 Å². The molecule has 1 aromatic rings. The van der Waals surface area contributed by atoms with Gasteiger partial charge in [-0.1, -0.05) is 11.6 Å². The molecule has 0 radical (unpaired) electrons. The molecule has 122 valence electrons. The van der Waals surface area contributed by atoms with Crippen molar-refractivity contribution in [3.8, 4) is 0 Å². The SMILES string of the molecule is CO[C@@H]1O[C@H](COC(=O)c2ccc(Cl)cc2)[C@@H](O)[C@H](O)[C@H]1O. The van der Waals surface area contributed by atoms with Crippen LogP contribution in [0.25, 0.3) is 0 Å². The molecule has 0 aliphatic carbocycles. The van der Waals surface area contributed by atoms with E-state index in [1.807, 2.05) is 0 Å². The zero-order chi connectivity index (χ0) is 16.3. The Kier molecular flexibility index (Phi) is 5.74. The molecule has 0 unspecified atom stereocenters. The lowest BCUT2D eigenvalue weighted by atomic mass is 9.99. The number of esters is 1. The van der Waals surface area contributed by atoms with Gasteiger partial charge in [-0.3, -0.25) is 0 Å². The molecule has 0 aromatic heterocycles. The molecule has 1 fully saturated rings. The number of halogens is 1. The van der Waals surface area contributed by atoms with Gasteiger partial charge in [0.05, 0.1) is 5.56 Å². The van der Waals surface area contributed by atoms with Crippen LogP contribution in [0.2, 0.25) is 5.02 Å². The van der Waals surface area contributed by atoms with E-state index in [9.17, 15) is 20.1 Å². The molecule has 1 aromatic carbocycles. The molecule has 2 rings (SSSR count). The summed E-state index contributed by atoms with van der Waals surface area (Å²) in [6.07, 6.45) is -6.38. The zero-order valence-electron chi connectivity index (χ0n) is 11.8. The summed E-state index contributed by atoms with van der Waals surface area (Å²) in [5, 5.41) is 29.7. The standard InChI is InChI=1S/C14H17ClO7/c1-20-14-12(18)11(17)10(16)9(22-14)6-21-13(19)7-2-4-8(15)5-3-7/h2-5,9-12,14,16-18H,6H2,1H3/t9-,10-,11+,12-,14-/m1/s1. The van der Waals surface area contributed by atoms with Crippen LogP contribution >= 0.6 is 11.6 Å². The van der Waals surface area contributed by atoms with Crippen LogP contribution in [0, 0.1) is 0 Å². The quantitative estimate of drug-likeness (QED) is 0.664. The van der Waals surface area contributed by atoms with Gasteiger partial charge >= 0.3 is 5.97 Å². The normalized spacial score (nSPS) is 31.8. The summed E-state index contributed by atoms with van der Waals surface area (Å²) >= 11 is 5.73. The Morgan fingerprint density at radius 3 is 2.41 bits per heavy atom. The summed E-state index contributed by atoms with van der Waals surface area (Å²) in [5.74, 6) is -0.623. The van der Waals surface area contributed by atoms with E-state index in [1.54, 1.807) is 12.1 Å². The number of hydrogen-bond acceptors (Lipinski definition) is 7. The van der Waals surface area contributed by atoms with Crippen molar-refractivity contribution in [3.63, 3.8) is 0 Å². The fourth-order valence-electron chi connectivity index (χ4n) is 2.08. The van der Waals surface area contributed by atoms with Gasteiger partial charge in [-0.25, -0.2) is 4.79 Å². The van der Waals surface area contributed by atoms with Gasteiger partial charge in [0.15, 0.2) is 6.29 Å². The van der Waals surface area contributed by atoms with Crippen molar-refractivity contribution in [2.24, 2.45) is 0 Å². The van der Waals surface area contributed by atoms with E-state index in [-0.39, 0.29) is 6.61 Å². The Balaban J connectivity index is 1.95. The van der Waals surface area contributed by atoms with Gasteiger partial charge in [0, 0.05) is 12.1 Å². The molecule has 0 saturated carbocycles. The van der Waals surface area contributed by atoms with E-state index >= 15 is 0 Å². The number of aliphatic hydroxyl groups excluding tert-OH is 3. The lowest BCUT2D eigenvalue weighted by molar-refractivity contribution is -0.294. The second-order valence-electron chi connectivity index (χ2n) is 4.86. The van der Waals surface area contributed by atoms with Crippen molar-refractivity contribution in [1.29, 1.82) is 0 Å². The lowest BCUT2D eigenvalue weighted by Gasteiger charge is -2.39. The van der Waals surface area contributed by atoms with Crippen molar-refractivity contribution in [3.05, 3.63) is 34.9 Å². The zero-order valence-corrected chi connectivity index (χ0v) is 12.5. The molecular formula is C14H17ClO7. The van der Waals surface area contributed by atoms with Crippen molar-refractivity contribution in [2.45, 2.75) is 30.7 Å². The maximum Gasteiger partial charge on any atom is 0.338 e. The first-order chi connectivity index (χ1) is 10.4. The average Bonchev–Trinajstić information content (AvgIpc) is 2.52. The van der Waals surface area contributed by atoms with Crippen LogP contribution in [0.1, 0.15) is 10.4 Å². The van der Waals surface area contributed by atoms with Gasteiger partial charge in [-0.15, -0.1) is 0 Å². The molecule has 5 atom stereocenters. The van der Waals surface area contributed by atoms with Crippen molar-refractivity contribution in [1.82, 2.24) is 0 Å². The maximum atomic E-state index is 11.9. The topological polar surface area (TPSA) is 105 Å². The average molecular weight is 333 g/mol. The van der Waals surface area contributed by atoms with Crippen LogP contribution in [0.5, 0.6) is 0 Å². The Hall–Kier alpha value is -1.22. The minimum absolute atomic E-state index is 0.290. The molecule has 1 heterocycles. The van der Waals surface area contributed by atoms with Gasteiger partial charge < -0.3 is 29.5 Å². The fraction of sp³-hybridized carbons (Fsp3) is 0.500. The monoisotopic (exact) mass is 332 g/mol. The van der Waals surface area contributed by atoms with Crippen LogP contribution in [0.3, 0.4) is 0 Å². The van der Waals surface area contributed by atoms with E-state index in [0.29, 0.717) is 10.6 Å². The van der Waals surface area contributed by atoms with Gasteiger partial charge in [0.1, 0.15) is 31.0 Å². The van der Waals surface area contributed by atoms with Crippen LogP contribution in [-0.2, 0) is 14.2 Å². The minimum Gasteiger partial charge on any atom is -0.459 e. The van der Waals surface area contributed by atoms with Crippen LogP contribution < -0.4 is 0 Å². The highest BCUT2D eigenvalue weighted by molar-refractivity contribution is 6.30. The number of carbonyl (C=O) groups excluding carboxylic acids is 1. The molecule has 0 bridgehead atoms. The molecule has 1 saturated heterocycles. The van der Waals surface area contributed by atoms with Crippen molar-refractivity contribution < 1.29 is 34.3 Å². The smallest absolute Gasteiger partial charge is 0.338 e. The highest BCUT2D eigenvalue weighted by Gasteiger charge is 2.44. The first kappa shape index (κ1) is 17.1. The van der Waals surface area contributed by atoms with Gasteiger partial charge in [0.2, 0.25) is 0 Å². The summed E-state index contributed by atoms with van der Waals surface area (Å²) in [4.78, 5) is 11.9. The minimum atomic E-state index is -1.46. The lowest BCUT2D eigenvalue weighted by Crippen LogP contribution is -2.59. The van der Waals surface area contributed by atoms with Crippen LogP contribution in [0.15, 0.2) is 24.3 Å². The molecule has 1 aliphatic heterocycles. The summed E-state index contributed by atoms with van der Waals surface area (Å²) in [5.41, 5.74) is 0.290. The van der Waals surface area contributed by atoms with E-state index in [2.05, 4.69) is 0 Å². The van der Waals surface area contributed by atoms with Crippen LogP contribution in [0.4, 0.5) is 0 Å². The maximum absolute atomic E-state index is 11.9. The molecule has 3 N–H and O–H groups in total. The van der Waals surface area contributed by atoms with Crippen molar-refractivity contribution >= 4 is 17.6 Å². The first-order valence-electron chi connectivity index (χ1n) is 6.59.